The molecule has 0 radical (unpaired) electrons. The van der Waals surface area contributed by atoms with Gasteiger partial charge in [0.2, 0.25) is 10.0 Å². The number of likely N-dealkylation sites (tertiary alicyclic amines) is 1. The van der Waals surface area contributed by atoms with Crippen molar-refractivity contribution >= 4 is 10.0 Å². The zero-order chi connectivity index (χ0) is 14.6. The summed E-state index contributed by atoms with van der Waals surface area (Å²) in [5, 5.41) is 8.98. The van der Waals surface area contributed by atoms with Crippen LogP contribution in [0, 0.1) is 17.2 Å². The van der Waals surface area contributed by atoms with Gasteiger partial charge in [-0.25, -0.2) is 13.1 Å². The molecule has 108 valence electrons. The van der Waals surface area contributed by atoms with Crippen molar-refractivity contribution in [2.45, 2.75) is 17.7 Å². The number of piperidine rings is 1. The summed E-state index contributed by atoms with van der Waals surface area (Å²) in [6.45, 7) is 2.44. The Morgan fingerprint density at radius 3 is 2.65 bits per heavy atom. The quantitative estimate of drug-likeness (QED) is 0.904. The zero-order valence-electron chi connectivity index (χ0n) is 11.5. The van der Waals surface area contributed by atoms with E-state index in [-0.39, 0.29) is 10.5 Å². The molecule has 0 atom stereocenters. The molecule has 1 heterocycles. The highest BCUT2D eigenvalue weighted by Gasteiger charge is 2.22. The third-order valence-electron chi connectivity index (χ3n) is 3.70. The maximum absolute atomic E-state index is 12.2. The van der Waals surface area contributed by atoms with Gasteiger partial charge in [-0.15, -0.1) is 0 Å². The van der Waals surface area contributed by atoms with Crippen LogP contribution in [0.1, 0.15) is 18.4 Å². The van der Waals surface area contributed by atoms with E-state index in [1.807, 2.05) is 6.07 Å². The van der Waals surface area contributed by atoms with E-state index in [0.717, 1.165) is 25.9 Å². The highest BCUT2D eigenvalue weighted by atomic mass is 32.2. The van der Waals surface area contributed by atoms with E-state index in [1.165, 1.54) is 12.1 Å². The second-order valence-electron chi connectivity index (χ2n) is 5.21. The van der Waals surface area contributed by atoms with Crippen LogP contribution in [-0.4, -0.2) is 40.0 Å². The van der Waals surface area contributed by atoms with Crippen molar-refractivity contribution in [2.24, 2.45) is 5.92 Å². The fourth-order valence-corrected chi connectivity index (χ4v) is 3.64. The van der Waals surface area contributed by atoms with Gasteiger partial charge in [0.1, 0.15) is 6.07 Å². The van der Waals surface area contributed by atoms with Crippen LogP contribution in [0.5, 0.6) is 0 Å². The molecule has 0 saturated carbocycles. The molecule has 0 bridgehead atoms. The van der Waals surface area contributed by atoms with Gasteiger partial charge in [0, 0.05) is 6.54 Å². The lowest BCUT2D eigenvalue weighted by molar-refractivity contribution is 0.220. The van der Waals surface area contributed by atoms with Crippen LogP contribution in [0.25, 0.3) is 0 Å². The van der Waals surface area contributed by atoms with Crippen LogP contribution in [-0.2, 0) is 10.0 Å². The number of rotatable bonds is 4. The third kappa shape index (κ3) is 3.57. The first-order chi connectivity index (χ1) is 9.53. The molecule has 1 aromatic carbocycles. The van der Waals surface area contributed by atoms with Crippen molar-refractivity contribution < 1.29 is 8.42 Å². The molecule has 6 heteroatoms. The first-order valence-electron chi connectivity index (χ1n) is 6.70. The van der Waals surface area contributed by atoms with E-state index in [2.05, 4.69) is 16.7 Å². The molecule has 0 amide bonds. The second-order valence-corrected chi connectivity index (χ2v) is 6.94. The predicted octanol–water partition coefficient (Wildman–Crippen LogP) is 1.18. The number of benzene rings is 1. The molecule has 0 aliphatic carbocycles. The molecule has 1 aromatic rings. The lowest BCUT2D eigenvalue weighted by Crippen LogP contribution is -2.37. The Bertz CT molecular complexity index is 599. The van der Waals surface area contributed by atoms with E-state index in [0.29, 0.717) is 12.5 Å². The van der Waals surface area contributed by atoms with Crippen LogP contribution in [0.4, 0.5) is 0 Å². The van der Waals surface area contributed by atoms with Crippen molar-refractivity contribution in [1.29, 1.82) is 5.26 Å². The van der Waals surface area contributed by atoms with Gasteiger partial charge < -0.3 is 4.90 Å². The van der Waals surface area contributed by atoms with Crippen molar-refractivity contribution in [3.8, 4) is 6.07 Å². The van der Waals surface area contributed by atoms with Crippen LogP contribution in [0.15, 0.2) is 29.2 Å². The minimum atomic E-state index is -3.60. The molecule has 1 aliphatic rings. The maximum Gasteiger partial charge on any atom is 0.241 e. The highest BCUT2D eigenvalue weighted by Crippen LogP contribution is 2.18. The molecule has 20 heavy (non-hydrogen) atoms. The normalized spacial score (nSPS) is 17.8. The average Bonchev–Trinajstić information content (AvgIpc) is 2.46. The van der Waals surface area contributed by atoms with E-state index in [4.69, 9.17) is 5.26 Å². The number of hydrogen-bond donors (Lipinski definition) is 1. The lowest BCUT2D eigenvalue weighted by Gasteiger charge is -2.28. The molecule has 2 rings (SSSR count). The van der Waals surface area contributed by atoms with Crippen molar-refractivity contribution in [1.82, 2.24) is 9.62 Å². The summed E-state index contributed by atoms with van der Waals surface area (Å²) in [5.74, 6) is 0.371. The topological polar surface area (TPSA) is 73.2 Å². The fourth-order valence-electron chi connectivity index (χ4n) is 2.36. The highest BCUT2D eigenvalue weighted by molar-refractivity contribution is 7.89. The SMILES string of the molecule is CN1CCC(CNS(=O)(=O)c2ccccc2C#N)CC1. The van der Waals surface area contributed by atoms with E-state index >= 15 is 0 Å². The first kappa shape index (κ1) is 15.0. The molecular formula is C14H19N3O2S. The number of hydrogen-bond acceptors (Lipinski definition) is 4. The Morgan fingerprint density at radius 2 is 2.00 bits per heavy atom. The number of nitriles is 1. The zero-order valence-corrected chi connectivity index (χ0v) is 12.4. The summed E-state index contributed by atoms with van der Waals surface area (Å²) in [6, 6.07) is 8.20. The van der Waals surface area contributed by atoms with Crippen LogP contribution in [0.2, 0.25) is 0 Å². The number of sulfonamides is 1. The van der Waals surface area contributed by atoms with Gasteiger partial charge >= 0.3 is 0 Å². The number of nitrogens with zero attached hydrogens (tertiary/aromatic N) is 2. The van der Waals surface area contributed by atoms with Crippen molar-refractivity contribution in [3.05, 3.63) is 29.8 Å². The molecule has 1 saturated heterocycles. The van der Waals surface area contributed by atoms with Crippen molar-refractivity contribution in [3.63, 3.8) is 0 Å². The first-order valence-corrected chi connectivity index (χ1v) is 8.18. The van der Waals surface area contributed by atoms with Gasteiger partial charge in [-0.1, -0.05) is 12.1 Å². The summed E-state index contributed by atoms with van der Waals surface area (Å²) in [6.07, 6.45) is 2.00. The molecular weight excluding hydrogens is 274 g/mol. The molecule has 0 unspecified atom stereocenters. The second kappa shape index (κ2) is 6.35. The standard InChI is InChI=1S/C14H19N3O2S/c1-17-8-6-12(7-9-17)11-16-20(18,19)14-5-3-2-4-13(14)10-15/h2-5,12,16H,6-9,11H2,1H3. The molecule has 1 N–H and O–H groups in total. The Balaban J connectivity index is 2.03. The summed E-state index contributed by atoms with van der Waals surface area (Å²) < 4.78 is 27.1. The minimum absolute atomic E-state index is 0.0652. The fraction of sp³-hybridized carbons (Fsp3) is 0.500. The van der Waals surface area contributed by atoms with E-state index in [1.54, 1.807) is 12.1 Å². The summed E-state index contributed by atoms with van der Waals surface area (Å²) >= 11 is 0. The van der Waals surface area contributed by atoms with Gasteiger partial charge in [-0.3, -0.25) is 0 Å². The Labute approximate surface area is 120 Å². The van der Waals surface area contributed by atoms with Gasteiger partial charge in [-0.05, 0) is 51.0 Å². The minimum Gasteiger partial charge on any atom is -0.306 e. The van der Waals surface area contributed by atoms with Gasteiger partial charge in [0.05, 0.1) is 10.5 Å². The Kier molecular flexibility index (Phi) is 4.76. The summed E-state index contributed by atoms with van der Waals surface area (Å²) in [7, 11) is -1.53. The van der Waals surface area contributed by atoms with Crippen LogP contribution >= 0.6 is 0 Å². The van der Waals surface area contributed by atoms with E-state index in [9.17, 15) is 8.42 Å². The van der Waals surface area contributed by atoms with E-state index < -0.39 is 10.0 Å². The van der Waals surface area contributed by atoms with Crippen LogP contribution in [0.3, 0.4) is 0 Å². The number of nitrogens with one attached hydrogen (secondary N) is 1. The maximum atomic E-state index is 12.2. The molecule has 0 aromatic heterocycles. The predicted molar refractivity (Wildman–Crippen MR) is 76.6 cm³/mol. The Hall–Kier alpha value is -1.42. The summed E-state index contributed by atoms with van der Waals surface area (Å²) in [5.41, 5.74) is 0.184. The van der Waals surface area contributed by atoms with Crippen LogP contribution < -0.4 is 4.72 Å². The largest absolute Gasteiger partial charge is 0.306 e. The van der Waals surface area contributed by atoms with Crippen molar-refractivity contribution in [2.75, 3.05) is 26.7 Å². The Morgan fingerprint density at radius 1 is 1.35 bits per heavy atom. The molecule has 1 aliphatic heterocycles. The lowest BCUT2D eigenvalue weighted by atomic mass is 9.98. The third-order valence-corrected chi connectivity index (χ3v) is 5.18. The molecule has 0 spiro atoms. The van der Waals surface area contributed by atoms with Gasteiger partial charge in [0.15, 0.2) is 0 Å². The smallest absolute Gasteiger partial charge is 0.241 e. The average molecular weight is 293 g/mol. The molecule has 5 nitrogen and oxygen atoms in total. The monoisotopic (exact) mass is 293 g/mol. The van der Waals surface area contributed by atoms with Gasteiger partial charge in [0.25, 0.3) is 0 Å². The summed E-state index contributed by atoms with van der Waals surface area (Å²) in [4.78, 5) is 2.31. The van der Waals surface area contributed by atoms with Gasteiger partial charge in [-0.2, -0.15) is 5.26 Å². The molecule has 1 fully saturated rings.